The van der Waals surface area contributed by atoms with Crippen LogP contribution in [0.1, 0.15) is 27.2 Å². The van der Waals surface area contributed by atoms with Crippen LogP contribution >= 0.6 is 31.9 Å². The summed E-state index contributed by atoms with van der Waals surface area (Å²) in [5.74, 6) is 0.225. The van der Waals surface area contributed by atoms with Gasteiger partial charge in [-0.1, -0.05) is 31.9 Å². The Labute approximate surface area is 113 Å². The van der Waals surface area contributed by atoms with E-state index in [1.165, 1.54) is 0 Å². The highest BCUT2D eigenvalue weighted by atomic mass is 79.9. The summed E-state index contributed by atoms with van der Waals surface area (Å²) < 4.78 is 5.43. The van der Waals surface area contributed by atoms with Crippen molar-refractivity contribution in [2.45, 2.75) is 42.6 Å². The fourth-order valence-corrected chi connectivity index (χ4v) is 3.79. The third-order valence-corrected chi connectivity index (χ3v) is 5.75. The smallest absolute Gasteiger partial charge is 0.231 e. The number of rotatable bonds is 1. The summed E-state index contributed by atoms with van der Waals surface area (Å²) in [7, 11) is 0. The van der Waals surface area contributed by atoms with E-state index in [0.29, 0.717) is 13.1 Å². The van der Waals surface area contributed by atoms with Crippen LogP contribution in [0, 0.1) is 5.41 Å². The number of halogens is 2. The number of alkyl halides is 2. The van der Waals surface area contributed by atoms with E-state index >= 15 is 0 Å². The molecule has 2 rings (SSSR count). The molecule has 1 saturated carbocycles. The van der Waals surface area contributed by atoms with Crippen molar-refractivity contribution in [3.05, 3.63) is 0 Å². The lowest BCUT2D eigenvalue weighted by atomic mass is 10.1. The van der Waals surface area contributed by atoms with Crippen molar-refractivity contribution in [3.63, 3.8) is 0 Å². The van der Waals surface area contributed by atoms with Crippen LogP contribution in [0.25, 0.3) is 0 Å². The SMILES string of the molecule is C[C@@H]1CN(C(=O)[C@@]2(C)CC2(Br)Br)C[C@@H](C)O1. The number of morpholine rings is 1. The van der Waals surface area contributed by atoms with E-state index < -0.39 is 0 Å². The molecule has 3 atom stereocenters. The normalized spacial score (nSPS) is 41.9. The van der Waals surface area contributed by atoms with Gasteiger partial charge in [0, 0.05) is 13.1 Å². The maximum atomic E-state index is 12.4. The first-order chi connectivity index (χ1) is 7.26. The molecular formula is C11H17Br2NO2. The van der Waals surface area contributed by atoms with Crippen LogP contribution in [0.3, 0.4) is 0 Å². The summed E-state index contributed by atoms with van der Waals surface area (Å²) in [4.78, 5) is 14.3. The second kappa shape index (κ2) is 3.95. The van der Waals surface area contributed by atoms with Crippen LogP contribution in [0.4, 0.5) is 0 Å². The second-order valence-corrected chi connectivity index (χ2v) is 8.95. The molecule has 3 nitrogen and oxygen atoms in total. The standard InChI is InChI=1S/C11H17Br2NO2/c1-7-4-14(5-8(2)16-7)9(15)10(3)6-11(10,12)13/h7-8H,4-6H2,1-3H3/t7-,8-,10-/m1/s1. The molecule has 0 aromatic rings. The Morgan fingerprint density at radius 2 is 1.75 bits per heavy atom. The van der Waals surface area contributed by atoms with Crippen molar-refractivity contribution in [1.82, 2.24) is 4.90 Å². The van der Waals surface area contributed by atoms with Gasteiger partial charge in [-0.2, -0.15) is 0 Å². The number of hydrogen-bond donors (Lipinski definition) is 0. The molecule has 2 aliphatic rings. The molecule has 0 aromatic carbocycles. The van der Waals surface area contributed by atoms with Gasteiger partial charge in [0.15, 0.2) is 0 Å². The van der Waals surface area contributed by atoms with Gasteiger partial charge in [-0.25, -0.2) is 0 Å². The first-order valence-electron chi connectivity index (χ1n) is 5.59. The molecule has 1 heterocycles. The van der Waals surface area contributed by atoms with Gasteiger partial charge in [-0.3, -0.25) is 4.79 Å². The van der Waals surface area contributed by atoms with Gasteiger partial charge in [0.25, 0.3) is 0 Å². The molecule has 1 saturated heterocycles. The zero-order valence-corrected chi connectivity index (χ0v) is 13.0. The maximum Gasteiger partial charge on any atom is 0.231 e. The van der Waals surface area contributed by atoms with Crippen LogP contribution in [-0.4, -0.2) is 39.3 Å². The molecule has 2 fully saturated rings. The van der Waals surface area contributed by atoms with Gasteiger partial charge >= 0.3 is 0 Å². The summed E-state index contributed by atoms with van der Waals surface area (Å²) in [5.41, 5.74) is -0.302. The molecule has 0 N–H and O–H groups in total. The molecule has 0 spiro atoms. The number of nitrogens with zero attached hydrogens (tertiary/aromatic N) is 1. The molecule has 5 heteroatoms. The second-order valence-electron chi connectivity index (χ2n) is 5.18. The number of carbonyl (C=O) groups excluding carboxylic acids is 1. The summed E-state index contributed by atoms with van der Waals surface area (Å²) in [6.45, 7) is 7.44. The minimum Gasteiger partial charge on any atom is -0.372 e. The van der Waals surface area contributed by atoms with E-state index in [-0.39, 0.29) is 26.8 Å². The summed E-state index contributed by atoms with van der Waals surface area (Å²) in [6.07, 6.45) is 1.11. The van der Waals surface area contributed by atoms with Gasteiger partial charge in [-0.15, -0.1) is 0 Å². The third-order valence-electron chi connectivity index (χ3n) is 3.44. The molecular weight excluding hydrogens is 338 g/mol. The molecule has 0 radical (unpaired) electrons. The molecule has 1 aliphatic carbocycles. The van der Waals surface area contributed by atoms with E-state index in [1.807, 2.05) is 25.7 Å². The molecule has 16 heavy (non-hydrogen) atoms. The highest BCUT2D eigenvalue weighted by molar-refractivity contribution is 9.25. The van der Waals surface area contributed by atoms with Crippen LogP contribution < -0.4 is 0 Å². The Morgan fingerprint density at radius 3 is 2.12 bits per heavy atom. The molecule has 0 bridgehead atoms. The van der Waals surface area contributed by atoms with Crippen molar-refractivity contribution >= 4 is 37.8 Å². The summed E-state index contributed by atoms with van der Waals surface area (Å²) in [6, 6.07) is 0. The Hall–Kier alpha value is 0.390. The first-order valence-corrected chi connectivity index (χ1v) is 7.17. The van der Waals surface area contributed by atoms with Crippen molar-refractivity contribution in [2.75, 3.05) is 13.1 Å². The largest absolute Gasteiger partial charge is 0.372 e. The van der Waals surface area contributed by atoms with E-state index in [4.69, 9.17) is 4.74 Å². The average Bonchev–Trinajstić information content (AvgIpc) is 2.64. The first kappa shape index (κ1) is 12.8. The minimum absolute atomic E-state index is 0.134. The fraction of sp³-hybridized carbons (Fsp3) is 0.909. The van der Waals surface area contributed by atoms with Crippen molar-refractivity contribution in [2.24, 2.45) is 5.41 Å². The fourth-order valence-electron chi connectivity index (χ4n) is 2.32. The van der Waals surface area contributed by atoms with E-state index in [2.05, 4.69) is 31.9 Å². The lowest BCUT2D eigenvalue weighted by Crippen LogP contribution is -2.50. The number of amides is 1. The molecule has 0 unspecified atom stereocenters. The van der Waals surface area contributed by atoms with E-state index in [0.717, 1.165) is 6.42 Å². The average molecular weight is 355 g/mol. The molecule has 0 aromatic heterocycles. The van der Waals surface area contributed by atoms with Crippen LogP contribution in [0.2, 0.25) is 0 Å². The van der Waals surface area contributed by atoms with E-state index in [9.17, 15) is 4.79 Å². The highest BCUT2D eigenvalue weighted by Crippen LogP contribution is 2.67. The van der Waals surface area contributed by atoms with Gasteiger partial charge in [-0.05, 0) is 27.2 Å². The van der Waals surface area contributed by atoms with Gasteiger partial charge in [0.05, 0.1) is 20.9 Å². The van der Waals surface area contributed by atoms with Gasteiger partial charge in [0.1, 0.15) is 0 Å². The van der Waals surface area contributed by atoms with Crippen molar-refractivity contribution < 1.29 is 9.53 Å². The molecule has 92 valence electrons. The Kier molecular flexibility index (Phi) is 3.17. The van der Waals surface area contributed by atoms with Crippen LogP contribution in [0.15, 0.2) is 0 Å². The van der Waals surface area contributed by atoms with Crippen molar-refractivity contribution in [1.29, 1.82) is 0 Å². The topological polar surface area (TPSA) is 29.5 Å². The monoisotopic (exact) mass is 353 g/mol. The number of carbonyl (C=O) groups is 1. The lowest BCUT2D eigenvalue weighted by molar-refractivity contribution is -0.148. The number of ether oxygens (including phenoxy) is 1. The van der Waals surface area contributed by atoms with Gasteiger partial charge in [0.2, 0.25) is 5.91 Å². The third kappa shape index (κ3) is 2.06. The van der Waals surface area contributed by atoms with Gasteiger partial charge < -0.3 is 9.64 Å². The molecule has 1 amide bonds. The number of hydrogen-bond acceptors (Lipinski definition) is 2. The molecule has 1 aliphatic heterocycles. The zero-order chi connectivity index (χ0) is 12.1. The summed E-state index contributed by atoms with van der Waals surface area (Å²) in [5, 5.41) is 0. The minimum atomic E-state index is -0.302. The van der Waals surface area contributed by atoms with Crippen LogP contribution in [0.5, 0.6) is 0 Å². The Balaban J connectivity index is 2.06. The maximum absolute atomic E-state index is 12.4. The van der Waals surface area contributed by atoms with Crippen LogP contribution in [-0.2, 0) is 9.53 Å². The lowest BCUT2D eigenvalue weighted by Gasteiger charge is -2.37. The Morgan fingerprint density at radius 1 is 1.31 bits per heavy atom. The zero-order valence-electron chi connectivity index (χ0n) is 9.80. The summed E-state index contributed by atoms with van der Waals surface area (Å²) >= 11 is 7.09. The van der Waals surface area contributed by atoms with E-state index in [1.54, 1.807) is 0 Å². The quantitative estimate of drug-likeness (QED) is 0.677. The Bertz CT molecular complexity index is 311. The van der Waals surface area contributed by atoms with Crippen molar-refractivity contribution in [3.8, 4) is 0 Å². The predicted molar refractivity (Wildman–Crippen MR) is 69.9 cm³/mol. The highest BCUT2D eigenvalue weighted by Gasteiger charge is 2.67. The predicted octanol–water partition coefficient (Wildman–Crippen LogP) is 2.52.